The molecule has 116 valence electrons. The molecule has 2 rings (SSSR count). The van der Waals surface area contributed by atoms with Crippen molar-refractivity contribution in [3.8, 4) is 5.75 Å². The van der Waals surface area contributed by atoms with Crippen LogP contribution in [-0.4, -0.2) is 12.6 Å². The maximum atomic E-state index is 12.1. The summed E-state index contributed by atoms with van der Waals surface area (Å²) in [6.45, 7) is 2.00. The van der Waals surface area contributed by atoms with Crippen molar-refractivity contribution in [3.05, 3.63) is 65.2 Å². The molecule has 0 amide bonds. The third kappa shape index (κ3) is 5.12. The molecule has 0 bridgehead atoms. The topological polar surface area (TPSA) is 30.8 Å². The summed E-state index contributed by atoms with van der Waals surface area (Å²) < 4.78 is 40.2. The van der Waals surface area contributed by atoms with E-state index in [-0.39, 0.29) is 12.4 Å². The van der Waals surface area contributed by atoms with E-state index in [0.717, 1.165) is 11.1 Å². The second kappa shape index (κ2) is 6.98. The fourth-order valence-corrected chi connectivity index (χ4v) is 1.77. The highest BCUT2D eigenvalue weighted by atomic mass is 19.4. The number of oxime groups is 1. The quantitative estimate of drug-likeness (QED) is 0.603. The summed E-state index contributed by atoms with van der Waals surface area (Å²) >= 11 is 0. The van der Waals surface area contributed by atoms with Crippen LogP contribution in [0.15, 0.2) is 53.7 Å². The molecule has 22 heavy (non-hydrogen) atoms. The van der Waals surface area contributed by atoms with Gasteiger partial charge in [-0.15, -0.1) is 13.2 Å². The SMILES string of the molecule is Cc1ccccc1C=NOCc1cccc(OC(F)(F)F)c1. The van der Waals surface area contributed by atoms with Crippen LogP contribution in [0, 0.1) is 6.92 Å². The van der Waals surface area contributed by atoms with E-state index in [1.165, 1.54) is 18.2 Å². The summed E-state index contributed by atoms with van der Waals surface area (Å²) in [6.07, 6.45) is -3.14. The number of benzene rings is 2. The molecule has 0 saturated carbocycles. The molecule has 3 nitrogen and oxygen atoms in total. The lowest BCUT2D eigenvalue weighted by Gasteiger charge is -2.09. The number of rotatable bonds is 5. The van der Waals surface area contributed by atoms with Gasteiger partial charge in [-0.2, -0.15) is 0 Å². The zero-order valence-electron chi connectivity index (χ0n) is 11.8. The minimum Gasteiger partial charge on any atom is -0.406 e. The van der Waals surface area contributed by atoms with Crippen LogP contribution >= 0.6 is 0 Å². The summed E-state index contributed by atoms with van der Waals surface area (Å²) in [4.78, 5) is 5.10. The van der Waals surface area contributed by atoms with Gasteiger partial charge < -0.3 is 9.57 Å². The number of hydrogen-bond acceptors (Lipinski definition) is 3. The lowest BCUT2D eigenvalue weighted by Crippen LogP contribution is -2.17. The van der Waals surface area contributed by atoms with Crippen LogP contribution < -0.4 is 4.74 Å². The molecule has 0 N–H and O–H groups in total. The van der Waals surface area contributed by atoms with Crippen LogP contribution in [0.2, 0.25) is 0 Å². The third-order valence-electron chi connectivity index (χ3n) is 2.82. The fourth-order valence-electron chi connectivity index (χ4n) is 1.77. The maximum Gasteiger partial charge on any atom is 0.573 e. The Bertz CT molecular complexity index is 654. The molecular formula is C16H14F3NO2. The van der Waals surface area contributed by atoms with E-state index in [4.69, 9.17) is 4.84 Å². The molecule has 0 aliphatic heterocycles. The molecule has 0 fully saturated rings. The van der Waals surface area contributed by atoms with E-state index in [1.807, 2.05) is 31.2 Å². The minimum atomic E-state index is -4.71. The van der Waals surface area contributed by atoms with Crippen molar-refractivity contribution in [3.63, 3.8) is 0 Å². The van der Waals surface area contributed by atoms with Gasteiger partial charge in [-0.05, 0) is 35.7 Å². The number of aryl methyl sites for hydroxylation is 1. The van der Waals surface area contributed by atoms with Gasteiger partial charge in [-0.3, -0.25) is 0 Å². The van der Waals surface area contributed by atoms with Gasteiger partial charge in [0.05, 0.1) is 6.21 Å². The number of nitrogens with zero attached hydrogens (tertiary/aromatic N) is 1. The first-order valence-corrected chi connectivity index (χ1v) is 6.50. The van der Waals surface area contributed by atoms with Gasteiger partial charge in [-0.1, -0.05) is 41.6 Å². The van der Waals surface area contributed by atoms with E-state index in [9.17, 15) is 13.2 Å². The predicted octanol–water partition coefficient (Wildman–Crippen LogP) is 4.44. The zero-order valence-corrected chi connectivity index (χ0v) is 11.8. The molecule has 2 aromatic carbocycles. The summed E-state index contributed by atoms with van der Waals surface area (Å²) in [7, 11) is 0. The largest absolute Gasteiger partial charge is 0.573 e. The highest BCUT2D eigenvalue weighted by Crippen LogP contribution is 2.23. The van der Waals surface area contributed by atoms with Crippen molar-refractivity contribution in [1.29, 1.82) is 0 Å². The molecule has 0 aliphatic carbocycles. The number of alkyl halides is 3. The summed E-state index contributed by atoms with van der Waals surface area (Å²) in [5, 5.41) is 3.81. The van der Waals surface area contributed by atoms with Crippen LogP contribution in [0.5, 0.6) is 5.75 Å². The van der Waals surface area contributed by atoms with Crippen molar-refractivity contribution >= 4 is 6.21 Å². The van der Waals surface area contributed by atoms with Crippen LogP contribution in [0.1, 0.15) is 16.7 Å². The molecule has 0 aromatic heterocycles. The average molecular weight is 309 g/mol. The lowest BCUT2D eigenvalue weighted by atomic mass is 10.1. The van der Waals surface area contributed by atoms with Gasteiger partial charge in [-0.25, -0.2) is 0 Å². The van der Waals surface area contributed by atoms with Gasteiger partial charge in [0.15, 0.2) is 0 Å². The Kier molecular flexibility index (Phi) is 5.04. The van der Waals surface area contributed by atoms with Crippen molar-refractivity contribution in [2.75, 3.05) is 0 Å². The molecule has 0 saturated heterocycles. The monoisotopic (exact) mass is 309 g/mol. The first kappa shape index (κ1) is 15.9. The van der Waals surface area contributed by atoms with Gasteiger partial charge in [0, 0.05) is 0 Å². The number of halogens is 3. The fraction of sp³-hybridized carbons (Fsp3) is 0.188. The Labute approximate surface area is 126 Å². The van der Waals surface area contributed by atoms with Crippen LogP contribution in [0.25, 0.3) is 0 Å². The van der Waals surface area contributed by atoms with Gasteiger partial charge in [0.1, 0.15) is 12.4 Å². The number of hydrogen-bond donors (Lipinski definition) is 0. The lowest BCUT2D eigenvalue weighted by molar-refractivity contribution is -0.274. The molecule has 0 atom stereocenters. The highest BCUT2D eigenvalue weighted by molar-refractivity contribution is 5.81. The minimum absolute atomic E-state index is 0.0530. The van der Waals surface area contributed by atoms with Gasteiger partial charge in [0.25, 0.3) is 0 Å². The second-order valence-electron chi connectivity index (χ2n) is 4.56. The molecule has 0 spiro atoms. The second-order valence-corrected chi connectivity index (χ2v) is 4.56. The van der Waals surface area contributed by atoms with Crippen LogP contribution in [-0.2, 0) is 11.4 Å². The maximum absolute atomic E-state index is 12.1. The van der Waals surface area contributed by atoms with E-state index in [1.54, 1.807) is 12.3 Å². The van der Waals surface area contributed by atoms with E-state index in [0.29, 0.717) is 5.56 Å². The molecule has 2 aromatic rings. The van der Waals surface area contributed by atoms with E-state index in [2.05, 4.69) is 9.89 Å². The molecular weight excluding hydrogens is 295 g/mol. The number of ether oxygens (including phenoxy) is 1. The molecule has 0 unspecified atom stereocenters. The molecule has 6 heteroatoms. The van der Waals surface area contributed by atoms with Gasteiger partial charge >= 0.3 is 6.36 Å². The smallest absolute Gasteiger partial charge is 0.406 e. The normalized spacial score (nSPS) is 11.6. The van der Waals surface area contributed by atoms with Crippen molar-refractivity contribution in [2.45, 2.75) is 19.9 Å². The van der Waals surface area contributed by atoms with Crippen molar-refractivity contribution < 1.29 is 22.7 Å². The van der Waals surface area contributed by atoms with Gasteiger partial charge in [0.2, 0.25) is 0 Å². The standard InChI is InChI=1S/C16H14F3NO2/c1-12-5-2-3-7-14(12)10-20-21-11-13-6-4-8-15(9-13)22-16(17,18)19/h2-10H,11H2,1H3. The summed E-state index contributed by atoms with van der Waals surface area (Å²) in [5.74, 6) is -0.281. The Morgan fingerprint density at radius 2 is 1.86 bits per heavy atom. The first-order valence-electron chi connectivity index (χ1n) is 6.50. The molecule has 0 aliphatic rings. The third-order valence-corrected chi connectivity index (χ3v) is 2.82. The highest BCUT2D eigenvalue weighted by Gasteiger charge is 2.31. The Balaban J connectivity index is 1.92. The Morgan fingerprint density at radius 1 is 1.09 bits per heavy atom. The first-order chi connectivity index (χ1) is 10.4. The van der Waals surface area contributed by atoms with E-state index < -0.39 is 6.36 Å². The van der Waals surface area contributed by atoms with Crippen LogP contribution in [0.3, 0.4) is 0 Å². The summed E-state index contributed by atoms with van der Waals surface area (Å²) in [5.41, 5.74) is 2.50. The molecule has 0 radical (unpaired) electrons. The van der Waals surface area contributed by atoms with Crippen molar-refractivity contribution in [1.82, 2.24) is 0 Å². The van der Waals surface area contributed by atoms with E-state index >= 15 is 0 Å². The molecule has 0 heterocycles. The summed E-state index contributed by atoms with van der Waals surface area (Å²) in [6, 6.07) is 13.2. The zero-order chi connectivity index (χ0) is 16.0. The Morgan fingerprint density at radius 3 is 2.59 bits per heavy atom. The van der Waals surface area contributed by atoms with Crippen molar-refractivity contribution in [2.24, 2.45) is 5.16 Å². The Hall–Kier alpha value is -2.50. The predicted molar refractivity (Wildman–Crippen MR) is 76.7 cm³/mol. The average Bonchev–Trinajstić information content (AvgIpc) is 2.44. The van der Waals surface area contributed by atoms with Crippen LogP contribution in [0.4, 0.5) is 13.2 Å².